The number of carbonyl (C=O) groups is 1. The number of nitrogens with one attached hydrogen (secondary N) is 2. The number of anilines is 1. The van der Waals surface area contributed by atoms with Gasteiger partial charge < -0.3 is 15.5 Å². The third-order valence-corrected chi connectivity index (χ3v) is 3.59. The topological polar surface area (TPSA) is 76.4 Å². The summed E-state index contributed by atoms with van der Waals surface area (Å²) >= 11 is 0. The lowest BCUT2D eigenvalue weighted by Crippen LogP contribution is -2.32. The van der Waals surface area contributed by atoms with Crippen molar-refractivity contribution in [1.82, 2.24) is 5.32 Å². The van der Waals surface area contributed by atoms with E-state index in [1.807, 2.05) is 36.4 Å². The smallest absolute Gasteiger partial charge is 0.253 e. The van der Waals surface area contributed by atoms with Gasteiger partial charge in [-0.2, -0.15) is 0 Å². The summed E-state index contributed by atoms with van der Waals surface area (Å²) in [6.45, 7) is 0.596. The summed E-state index contributed by atoms with van der Waals surface area (Å²) in [5.74, 6) is 6.13. The minimum atomic E-state index is -0.148. The summed E-state index contributed by atoms with van der Waals surface area (Å²) in [5.41, 5.74) is 4.70. The summed E-state index contributed by atoms with van der Waals surface area (Å²) in [6, 6.07) is 14.9. The molecule has 1 amide bonds. The molecule has 0 radical (unpaired) electrons. The summed E-state index contributed by atoms with van der Waals surface area (Å²) < 4.78 is 5.60. The predicted octanol–water partition coefficient (Wildman–Crippen LogP) is 2.23. The summed E-state index contributed by atoms with van der Waals surface area (Å²) in [4.78, 5) is 12.5. The molecule has 0 saturated carbocycles. The van der Waals surface area contributed by atoms with Crippen molar-refractivity contribution in [3.05, 3.63) is 59.7 Å². The molecule has 0 fully saturated rings. The third kappa shape index (κ3) is 2.68. The normalized spacial score (nSPS) is 16.5. The van der Waals surface area contributed by atoms with Gasteiger partial charge in [-0.25, -0.2) is 0 Å². The van der Waals surface area contributed by atoms with Crippen molar-refractivity contribution >= 4 is 11.6 Å². The first kappa shape index (κ1) is 13.5. The Kier molecular flexibility index (Phi) is 3.75. The molecule has 4 N–H and O–H groups in total. The molecule has 0 spiro atoms. The highest BCUT2D eigenvalue weighted by Crippen LogP contribution is 2.31. The number of para-hydroxylation sites is 2. The molecule has 108 valence electrons. The monoisotopic (exact) mass is 283 g/mol. The molecular formula is C16H17N3O2. The number of nitrogens with two attached hydrogens (primary N) is 1. The fourth-order valence-electron chi connectivity index (χ4n) is 2.53. The van der Waals surface area contributed by atoms with Crippen LogP contribution in [0.4, 0.5) is 5.69 Å². The highest BCUT2D eigenvalue weighted by Gasteiger charge is 2.23. The number of fused-ring (bicyclic) bond motifs is 1. The van der Waals surface area contributed by atoms with Crippen LogP contribution in [0.25, 0.3) is 0 Å². The molecule has 0 bridgehead atoms. The zero-order valence-corrected chi connectivity index (χ0v) is 11.5. The van der Waals surface area contributed by atoms with Crippen LogP contribution in [0.2, 0.25) is 0 Å². The van der Waals surface area contributed by atoms with Crippen molar-refractivity contribution in [1.29, 1.82) is 0 Å². The van der Waals surface area contributed by atoms with E-state index in [0.29, 0.717) is 17.9 Å². The van der Waals surface area contributed by atoms with Crippen molar-refractivity contribution in [2.75, 3.05) is 12.0 Å². The zero-order valence-electron chi connectivity index (χ0n) is 11.5. The second-order valence-corrected chi connectivity index (χ2v) is 4.89. The summed E-state index contributed by atoms with van der Waals surface area (Å²) in [5, 5.41) is 3.05. The number of hydrogen-bond donors (Lipinski definition) is 3. The van der Waals surface area contributed by atoms with Gasteiger partial charge in [0.25, 0.3) is 5.91 Å². The summed E-state index contributed by atoms with van der Waals surface area (Å²) in [6.07, 6.45) is 0.751. The molecule has 2 aromatic rings. The standard InChI is InChI=1S/C16H17N3O2/c17-19-14-7-3-1-6-12(14)16(20)18-13-9-10-21-15-8-4-2-5-11(13)15/h1-8,13,19H,9-10,17H2,(H,18,20). The average Bonchev–Trinajstić information content (AvgIpc) is 2.55. The lowest BCUT2D eigenvalue weighted by atomic mass is 10.00. The molecule has 1 heterocycles. The number of ether oxygens (including phenoxy) is 1. The lowest BCUT2D eigenvalue weighted by Gasteiger charge is -2.26. The Morgan fingerprint density at radius 2 is 1.90 bits per heavy atom. The maximum Gasteiger partial charge on any atom is 0.253 e. The molecule has 2 aromatic carbocycles. The minimum absolute atomic E-state index is 0.0479. The van der Waals surface area contributed by atoms with Crippen LogP contribution in [0.15, 0.2) is 48.5 Å². The minimum Gasteiger partial charge on any atom is -0.493 e. The first-order chi connectivity index (χ1) is 10.3. The van der Waals surface area contributed by atoms with Crippen LogP contribution in [0.5, 0.6) is 5.75 Å². The quantitative estimate of drug-likeness (QED) is 0.596. The van der Waals surface area contributed by atoms with Gasteiger partial charge in [0.05, 0.1) is 23.9 Å². The number of carbonyl (C=O) groups excluding carboxylic acids is 1. The van der Waals surface area contributed by atoms with Crippen LogP contribution in [-0.2, 0) is 0 Å². The van der Waals surface area contributed by atoms with Gasteiger partial charge in [-0.3, -0.25) is 10.6 Å². The molecular weight excluding hydrogens is 266 g/mol. The van der Waals surface area contributed by atoms with Gasteiger partial charge in [-0.05, 0) is 18.2 Å². The highest BCUT2D eigenvalue weighted by atomic mass is 16.5. The van der Waals surface area contributed by atoms with Crippen molar-refractivity contribution in [2.45, 2.75) is 12.5 Å². The number of hydrazine groups is 1. The van der Waals surface area contributed by atoms with E-state index < -0.39 is 0 Å². The van der Waals surface area contributed by atoms with E-state index in [0.717, 1.165) is 17.7 Å². The van der Waals surface area contributed by atoms with Gasteiger partial charge in [0.15, 0.2) is 0 Å². The molecule has 21 heavy (non-hydrogen) atoms. The van der Waals surface area contributed by atoms with Gasteiger partial charge in [-0.15, -0.1) is 0 Å². The second kappa shape index (κ2) is 5.85. The predicted molar refractivity (Wildman–Crippen MR) is 81.0 cm³/mol. The number of benzene rings is 2. The number of nitrogen functional groups attached to an aromatic ring is 1. The van der Waals surface area contributed by atoms with Crippen molar-refractivity contribution in [3.8, 4) is 5.75 Å². The number of rotatable bonds is 3. The lowest BCUT2D eigenvalue weighted by molar-refractivity contribution is 0.0925. The van der Waals surface area contributed by atoms with Crippen LogP contribution in [0, 0.1) is 0 Å². The zero-order chi connectivity index (χ0) is 14.7. The third-order valence-electron chi connectivity index (χ3n) is 3.59. The summed E-state index contributed by atoms with van der Waals surface area (Å²) in [7, 11) is 0. The van der Waals surface area contributed by atoms with Gasteiger partial charge in [0.1, 0.15) is 5.75 Å². The van der Waals surface area contributed by atoms with Crippen LogP contribution in [-0.4, -0.2) is 12.5 Å². The average molecular weight is 283 g/mol. The number of amides is 1. The molecule has 0 saturated heterocycles. The van der Waals surface area contributed by atoms with Crippen LogP contribution < -0.4 is 21.3 Å². The van der Waals surface area contributed by atoms with E-state index in [-0.39, 0.29) is 11.9 Å². The van der Waals surface area contributed by atoms with Gasteiger partial charge >= 0.3 is 0 Å². The molecule has 3 rings (SSSR count). The molecule has 1 aliphatic heterocycles. The number of hydrogen-bond acceptors (Lipinski definition) is 4. The molecule has 0 aromatic heterocycles. The van der Waals surface area contributed by atoms with Crippen molar-refractivity contribution < 1.29 is 9.53 Å². The van der Waals surface area contributed by atoms with E-state index in [9.17, 15) is 4.79 Å². The Balaban J connectivity index is 1.83. The molecule has 0 aliphatic carbocycles. The molecule has 1 atom stereocenters. The molecule has 5 heteroatoms. The van der Waals surface area contributed by atoms with Crippen LogP contribution >= 0.6 is 0 Å². The van der Waals surface area contributed by atoms with E-state index in [4.69, 9.17) is 10.6 Å². The van der Waals surface area contributed by atoms with E-state index in [2.05, 4.69) is 10.7 Å². The Bertz CT molecular complexity index is 657. The maximum atomic E-state index is 12.5. The Labute approximate surface area is 123 Å². The van der Waals surface area contributed by atoms with Crippen molar-refractivity contribution in [3.63, 3.8) is 0 Å². The Hall–Kier alpha value is -2.53. The maximum absolute atomic E-state index is 12.5. The fourth-order valence-corrected chi connectivity index (χ4v) is 2.53. The molecule has 1 aliphatic rings. The van der Waals surface area contributed by atoms with E-state index in [1.54, 1.807) is 12.1 Å². The largest absolute Gasteiger partial charge is 0.493 e. The van der Waals surface area contributed by atoms with Gasteiger partial charge in [0, 0.05) is 12.0 Å². The van der Waals surface area contributed by atoms with Gasteiger partial charge in [-0.1, -0.05) is 30.3 Å². The highest BCUT2D eigenvalue weighted by molar-refractivity contribution is 5.99. The Morgan fingerprint density at radius 1 is 1.14 bits per heavy atom. The van der Waals surface area contributed by atoms with Crippen molar-refractivity contribution in [2.24, 2.45) is 5.84 Å². The first-order valence-electron chi connectivity index (χ1n) is 6.88. The van der Waals surface area contributed by atoms with Crippen LogP contribution in [0.1, 0.15) is 28.4 Å². The van der Waals surface area contributed by atoms with Gasteiger partial charge in [0.2, 0.25) is 0 Å². The molecule has 1 unspecified atom stereocenters. The Morgan fingerprint density at radius 3 is 2.76 bits per heavy atom. The SMILES string of the molecule is NNc1ccccc1C(=O)NC1CCOc2ccccc21. The van der Waals surface area contributed by atoms with E-state index in [1.165, 1.54) is 0 Å². The fraction of sp³-hybridized carbons (Fsp3) is 0.188. The van der Waals surface area contributed by atoms with Crippen LogP contribution in [0.3, 0.4) is 0 Å². The first-order valence-corrected chi connectivity index (χ1v) is 6.88. The van der Waals surface area contributed by atoms with E-state index >= 15 is 0 Å². The second-order valence-electron chi connectivity index (χ2n) is 4.89. The molecule has 5 nitrogen and oxygen atoms in total.